The van der Waals surface area contributed by atoms with Gasteiger partial charge in [-0.2, -0.15) is 0 Å². The molecule has 0 bridgehead atoms. The van der Waals surface area contributed by atoms with E-state index in [0.717, 1.165) is 11.1 Å². The van der Waals surface area contributed by atoms with Crippen molar-refractivity contribution in [2.75, 3.05) is 13.1 Å². The van der Waals surface area contributed by atoms with Gasteiger partial charge in [0.1, 0.15) is 0 Å². The Hall–Kier alpha value is -3.14. The quantitative estimate of drug-likeness (QED) is 0.445. The van der Waals surface area contributed by atoms with Crippen LogP contribution in [-0.4, -0.2) is 24.9 Å². The summed E-state index contributed by atoms with van der Waals surface area (Å²) in [5.74, 6) is 0.681. The number of benzene rings is 2. The van der Waals surface area contributed by atoms with Crippen LogP contribution in [0.3, 0.4) is 0 Å². The van der Waals surface area contributed by atoms with Gasteiger partial charge in [0, 0.05) is 25.2 Å². The van der Waals surface area contributed by atoms with Gasteiger partial charge in [-0.3, -0.25) is 9.59 Å². The minimum atomic E-state index is -0.273. The topological polar surface area (TPSA) is 58.2 Å². The fourth-order valence-corrected chi connectivity index (χ4v) is 3.16. The van der Waals surface area contributed by atoms with Crippen LogP contribution in [0.25, 0.3) is 12.2 Å². The lowest BCUT2D eigenvalue weighted by Crippen LogP contribution is -2.41. The molecule has 0 saturated heterocycles. The van der Waals surface area contributed by atoms with Gasteiger partial charge in [0.05, 0.1) is 0 Å². The summed E-state index contributed by atoms with van der Waals surface area (Å²) >= 11 is 0. The summed E-state index contributed by atoms with van der Waals surface area (Å²) in [5.41, 5.74) is 4.27. The molecule has 0 spiro atoms. The molecule has 0 aliphatic carbocycles. The van der Waals surface area contributed by atoms with E-state index in [0.29, 0.717) is 24.9 Å². The standard InChI is InChI=1S/C29H38N2O2/c1-21(2)25-13-7-23(8-14-25)11-17-27(32)30-19-29(5,6)20-31-28(33)18-12-24-9-15-26(16-10-24)22(3)4/h7-18,21-22H,19-20H2,1-6H3,(H,30,32)(H,31,33)/b17-11+,18-12+. The summed E-state index contributed by atoms with van der Waals surface area (Å²) in [5, 5.41) is 5.85. The zero-order valence-electron chi connectivity index (χ0n) is 20.8. The van der Waals surface area contributed by atoms with Crippen LogP contribution in [0.15, 0.2) is 60.7 Å². The molecule has 0 heterocycles. The van der Waals surface area contributed by atoms with Gasteiger partial charge < -0.3 is 10.6 Å². The van der Waals surface area contributed by atoms with Crippen LogP contribution in [0.5, 0.6) is 0 Å². The van der Waals surface area contributed by atoms with Crippen LogP contribution < -0.4 is 10.6 Å². The Balaban J connectivity index is 1.76. The van der Waals surface area contributed by atoms with Crippen LogP contribution in [-0.2, 0) is 9.59 Å². The Morgan fingerprint density at radius 3 is 1.33 bits per heavy atom. The maximum atomic E-state index is 12.2. The molecule has 4 heteroatoms. The van der Waals surface area contributed by atoms with Gasteiger partial charge in [-0.05, 0) is 51.7 Å². The minimum Gasteiger partial charge on any atom is -0.352 e. The van der Waals surface area contributed by atoms with Crippen LogP contribution in [0.2, 0.25) is 0 Å². The van der Waals surface area contributed by atoms with E-state index < -0.39 is 0 Å². The number of carbonyl (C=O) groups excluding carboxylic acids is 2. The maximum absolute atomic E-state index is 12.2. The van der Waals surface area contributed by atoms with Gasteiger partial charge in [0.25, 0.3) is 0 Å². The highest BCUT2D eigenvalue weighted by Gasteiger charge is 2.19. The number of rotatable bonds is 10. The summed E-state index contributed by atoms with van der Waals surface area (Å²) in [4.78, 5) is 24.4. The third-order valence-corrected chi connectivity index (χ3v) is 5.54. The second-order valence-electron chi connectivity index (χ2n) is 9.91. The molecular weight excluding hydrogens is 408 g/mol. The molecule has 176 valence electrons. The SMILES string of the molecule is CC(C)c1ccc(/C=C/C(=O)NCC(C)(C)CNC(=O)/C=C/c2ccc(C(C)C)cc2)cc1. The van der Waals surface area contributed by atoms with E-state index in [2.05, 4.69) is 62.6 Å². The molecule has 0 aromatic heterocycles. The Morgan fingerprint density at radius 2 is 1.03 bits per heavy atom. The average molecular weight is 447 g/mol. The molecule has 2 amide bonds. The van der Waals surface area contributed by atoms with E-state index in [4.69, 9.17) is 0 Å². The largest absolute Gasteiger partial charge is 0.352 e. The van der Waals surface area contributed by atoms with Gasteiger partial charge in [-0.15, -0.1) is 0 Å². The van der Waals surface area contributed by atoms with Crippen LogP contribution in [0.1, 0.15) is 75.6 Å². The lowest BCUT2D eigenvalue weighted by atomic mass is 9.93. The summed E-state index contributed by atoms with van der Waals surface area (Å²) in [6.45, 7) is 13.6. The molecule has 0 fully saturated rings. The predicted octanol–water partition coefficient (Wildman–Crippen LogP) is 5.92. The first-order valence-electron chi connectivity index (χ1n) is 11.7. The highest BCUT2D eigenvalue weighted by atomic mass is 16.2. The maximum Gasteiger partial charge on any atom is 0.244 e. The summed E-state index contributed by atoms with van der Waals surface area (Å²) in [6, 6.07) is 16.4. The van der Waals surface area contributed by atoms with Gasteiger partial charge in [-0.1, -0.05) is 90.1 Å². The van der Waals surface area contributed by atoms with E-state index >= 15 is 0 Å². The first-order chi connectivity index (χ1) is 15.6. The number of hydrogen-bond acceptors (Lipinski definition) is 2. The lowest BCUT2D eigenvalue weighted by molar-refractivity contribution is -0.116. The number of nitrogens with one attached hydrogen (secondary N) is 2. The molecule has 2 aromatic rings. The zero-order chi connectivity index (χ0) is 24.4. The van der Waals surface area contributed by atoms with E-state index in [1.165, 1.54) is 11.1 Å². The Morgan fingerprint density at radius 1 is 0.697 bits per heavy atom. The Labute approximate surface area is 199 Å². The molecular formula is C29H38N2O2. The number of amides is 2. The van der Waals surface area contributed by atoms with Crippen LogP contribution in [0.4, 0.5) is 0 Å². The van der Waals surface area contributed by atoms with E-state index in [9.17, 15) is 9.59 Å². The molecule has 0 radical (unpaired) electrons. The van der Waals surface area contributed by atoms with Gasteiger partial charge in [-0.25, -0.2) is 0 Å². The van der Waals surface area contributed by atoms with Crippen LogP contribution in [0, 0.1) is 5.41 Å². The van der Waals surface area contributed by atoms with E-state index in [1.807, 2.05) is 50.3 Å². The van der Waals surface area contributed by atoms with Crippen molar-refractivity contribution >= 4 is 24.0 Å². The molecule has 0 unspecified atom stereocenters. The van der Waals surface area contributed by atoms with Crippen molar-refractivity contribution in [3.8, 4) is 0 Å². The highest BCUT2D eigenvalue weighted by Crippen LogP contribution is 2.16. The van der Waals surface area contributed by atoms with Gasteiger partial charge in [0.2, 0.25) is 11.8 Å². The van der Waals surface area contributed by atoms with Crippen LogP contribution >= 0.6 is 0 Å². The smallest absolute Gasteiger partial charge is 0.244 e. The fourth-order valence-electron chi connectivity index (χ4n) is 3.16. The van der Waals surface area contributed by atoms with Crippen molar-refractivity contribution in [1.82, 2.24) is 10.6 Å². The molecule has 2 rings (SSSR count). The third kappa shape index (κ3) is 9.48. The second-order valence-corrected chi connectivity index (χ2v) is 9.91. The Bertz CT molecular complexity index is 886. The van der Waals surface area contributed by atoms with Crippen molar-refractivity contribution in [2.24, 2.45) is 5.41 Å². The molecule has 2 N–H and O–H groups in total. The summed E-state index contributed by atoms with van der Waals surface area (Å²) < 4.78 is 0. The fraction of sp³-hybridized carbons (Fsp3) is 0.379. The average Bonchev–Trinajstić information content (AvgIpc) is 2.79. The molecule has 0 saturated carbocycles. The monoisotopic (exact) mass is 446 g/mol. The van der Waals surface area contributed by atoms with Gasteiger partial charge in [0.15, 0.2) is 0 Å². The number of carbonyl (C=O) groups is 2. The normalized spacial score (nSPS) is 12.1. The van der Waals surface area contributed by atoms with Crippen molar-refractivity contribution in [2.45, 2.75) is 53.4 Å². The minimum absolute atomic E-state index is 0.146. The van der Waals surface area contributed by atoms with E-state index in [1.54, 1.807) is 12.2 Å². The highest BCUT2D eigenvalue weighted by molar-refractivity contribution is 5.92. The van der Waals surface area contributed by atoms with Crippen molar-refractivity contribution in [1.29, 1.82) is 0 Å². The van der Waals surface area contributed by atoms with Crippen molar-refractivity contribution in [3.63, 3.8) is 0 Å². The van der Waals surface area contributed by atoms with Gasteiger partial charge >= 0.3 is 0 Å². The summed E-state index contributed by atoms with van der Waals surface area (Å²) in [7, 11) is 0. The first kappa shape index (κ1) is 26.1. The molecule has 2 aromatic carbocycles. The molecule has 4 nitrogen and oxygen atoms in total. The molecule has 33 heavy (non-hydrogen) atoms. The lowest BCUT2D eigenvalue weighted by Gasteiger charge is -2.24. The zero-order valence-corrected chi connectivity index (χ0v) is 20.8. The second kappa shape index (κ2) is 12.2. The number of hydrogen-bond donors (Lipinski definition) is 2. The third-order valence-electron chi connectivity index (χ3n) is 5.54. The molecule has 0 aliphatic rings. The predicted molar refractivity (Wildman–Crippen MR) is 139 cm³/mol. The first-order valence-corrected chi connectivity index (χ1v) is 11.7. The summed E-state index contributed by atoms with van der Waals surface area (Å²) in [6.07, 6.45) is 6.72. The van der Waals surface area contributed by atoms with Crippen molar-refractivity contribution < 1.29 is 9.59 Å². The van der Waals surface area contributed by atoms with Crippen molar-refractivity contribution in [3.05, 3.63) is 82.9 Å². The molecule has 0 aliphatic heterocycles. The molecule has 0 atom stereocenters. The van der Waals surface area contributed by atoms with E-state index in [-0.39, 0.29) is 17.2 Å². The Kier molecular flexibility index (Phi) is 9.65.